The third kappa shape index (κ3) is 4.12. The Kier molecular flexibility index (Phi) is 5.69. The smallest absolute Gasteiger partial charge is 0.308 e. The van der Waals surface area contributed by atoms with Crippen LogP contribution < -0.4 is 4.74 Å². The molecule has 0 bridgehead atoms. The number of carbonyl (C=O) groups is 4. The van der Waals surface area contributed by atoms with E-state index in [-0.39, 0.29) is 11.1 Å². The Morgan fingerprint density at radius 2 is 1.48 bits per heavy atom. The molecule has 2 rings (SSSR count). The van der Waals surface area contributed by atoms with Gasteiger partial charge in [-0.05, 0) is 24.6 Å². The topological polar surface area (TPSA) is 96.0 Å². The number of allylic oxidation sites excluding steroid dienone is 2. The predicted molar refractivity (Wildman–Crippen MR) is 86.1 cm³/mol. The molecule has 0 saturated carbocycles. The molecule has 7 heteroatoms. The van der Waals surface area contributed by atoms with Crippen molar-refractivity contribution in [2.75, 3.05) is 6.61 Å². The molecule has 25 heavy (non-hydrogen) atoms. The van der Waals surface area contributed by atoms with Crippen LogP contribution in [0.25, 0.3) is 0 Å². The first kappa shape index (κ1) is 18.4. The number of Topliss-reactive ketones (excluding diaryl/α,β-unsaturated/α-hetero) is 2. The Balaban J connectivity index is 2.45. The summed E-state index contributed by atoms with van der Waals surface area (Å²) in [5.41, 5.74) is 0.0890. The first-order valence-corrected chi connectivity index (χ1v) is 7.82. The Bertz CT molecular complexity index is 774. The van der Waals surface area contributed by atoms with Gasteiger partial charge >= 0.3 is 11.9 Å². The average Bonchev–Trinajstić information content (AvgIpc) is 2.55. The van der Waals surface area contributed by atoms with E-state index in [0.717, 1.165) is 26.7 Å². The van der Waals surface area contributed by atoms with Crippen LogP contribution in [0.1, 0.15) is 54.3 Å². The molecule has 0 spiro atoms. The second kappa shape index (κ2) is 7.74. The van der Waals surface area contributed by atoms with Gasteiger partial charge in [0, 0.05) is 25.0 Å². The molecule has 0 atom stereocenters. The number of benzene rings is 1. The van der Waals surface area contributed by atoms with Crippen molar-refractivity contribution >= 4 is 23.5 Å². The maximum absolute atomic E-state index is 12.6. The lowest BCUT2D eigenvalue weighted by Gasteiger charge is -2.19. The molecular formula is C18H18O7. The average molecular weight is 346 g/mol. The highest BCUT2D eigenvalue weighted by atomic mass is 16.6. The number of hydrogen-bond acceptors (Lipinski definition) is 7. The molecule has 0 aromatic heterocycles. The molecule has 0 radical (unpaired) electrons. The number of rotatable bonds is 6. The van der Waals surface area contributed by atoms with Crippen molar-refractivity contribution < 1.29 is 33.4 Å². The molecule has 132 valence electrons. The van der Waals surface area contributed by atoms with Crippen LogP contribution in [0.5, 0.6) is 5.75 Å². The van der Waals surface area contributed by atoms with Crippen LogP contribution in [-0.4, -0.2) is 30.1 Å². The van der Waals surface area contributed by atoms with E-state index < -0.39 is 35.0 Å². The minimum absolute atomic E-state index is 0.0335. The third-order valence-electron chi connectivity index (χ3n) is 3.36. The van der Waals surface area contributed by atoms with E-state index in [4.69, 9.17) is 14.2 Å². The van der Waals surface area contributed by atoms with Crippen molar-refractivity contribution in [3.63, 3.8) is 0 Å². The molecule has 0 fully saturated rings. The highest BCUT2D eigenvalue weighted by Crippen LogP contribution is 2.30. The molecule has 1 aliphatic carbocycles. The zero-order valence-corrected chi connectivity index (χ0v) is 14.2. The van der Waals surface area contributed by atoms with E-state index in [9.17, 15) is 19.2 Å². The number of fused-ring (bicyclic) bond motifs is 1. The molecule has 0 amide bonds. The molecule has 0 unspecified atom stereocenters. The van der Waals surface area contributed by atoms with Gasteiger partial charge in [0.15, 0.2) is 0 Å². The van der Waals surface area contributed by atoms with Crippen molar-refractivity contribution in [1.82, 2.24) is 0 Å². The van der Waals surface area contributed by atoms with Crippen LogP contribution in [0.4, 0.5) is 0 Å². The molecule has 1 aliphatic rings. The maximum Gasteiger partial charge on any atom is 0.308 e. The van der Waals surface area contributed by atoms with Gasteiger partial charge in [0.1, 0.15) is 5.75 Å². The minimum Gasteiger partial charge on any atom is -0.494 e. The minimum atomic E-state index is -0.806. The summed E-state index contributed by atoms with van der Waals surface area (Å²) in [7, 11) is 0. The van der Waals surface area contributed by atoms with Crippen LogP contribution in [0.3, 0.4) is 0 Å². The van der Waals surface area contributed by atoms with Gasteiger partial charge in [-0.25, -0.2) is 0 Å². The fourth-order valence-electron chi connectivity index (χ4n) is 2.26. The van der Waals surface area contributed by atoms with Gasteiger partial charge in [0.05, 0.1) is 6.61 Å². The highest BCUT2D eigenvalue weighted by molar-refractivity contribution is 6.26. The zero-order chi connectivity index (χ0) is 18.6. The zero-order valence-electron chi connectivity index (χ0n) is 14.2. The fourth-order valence-corrected chi connectivity index (χ4v) is 2.26. The van der Waals surface area contributed by atoms with Gasteiger partial charge in [-0.2, -0.15) is 0 Å². The van der Waals surface area contributed by atoms with E-state index in [0.29, 0.717) is 12.4 Å². The van der Waals surface area contributed by atoms with Crippen molar-refractivity contribution in [3.8, 4) is 5.75 Å². The summed E-state index contributed by atoms with van der Waals surface area (Å²) in [5, 5.41) is 0. The molecule has 0 aliphatic heterocycles. The predicted octanol–water partition coefficient (Wildman–Crippen LogP) is 2.58. The largest absolute Gasteiger partial charge is 0.494 e. The fraction of sp³-hybridized carbons (Fsp3) is 0.333. The van der Waals surface area contributed by atoms with E-state index >= 15 is 0 Å². The second-order valence-corrected chi connectivity index (χ2v) is 5.41. The summed E-state index contributed by atoms with van der Waals surface area (Å²) in [5.74, 6) is -3.79. The number of hydrogen-bond donors (Lipinski definition) is 0. The first-order valence-electron chi connectivity index (χ1n) is 7.82. The Hall–Kier alpha value is -2.96. The lowest BCUT2D eigenvalue weighted by atomic mass is 9.92. The molecule has 1 aromatic carbocycles. The van der Waals surface area contributed by atoms with Crippen LogP contribution in [0.2, 0.25) is 0 Å². The third-order valence-corrected chi connectivity index (χ3v) is 3.36. The standard InChI is InChI=1S/C18H18O7/c1-4-5-8-23-12-6-7-13-14(9-12)16(22)18(25-11(3)20)17(15(13)21)24-10(2)19/h6-7,9H,4-5,8H2,1-3H3. The van der Waals surface area contributed by atoms with Crippen molar-refractivity contribution in [2.45, 2.75) is 33.6 Å². The van der Waals surface area contributed by atoms with Gasteiger partial charge < -0.3 is 14.2 Å². The highest BCUT2D eigenvalue weighted by Gasteiger charge is 2.37. The number of carbonyl (C=O) groups excluding carboxylic acids is 4. The monoisotopic (exact) mass is 346 g/mol. The van der Waals surface area contributed by atoms with Crippen LogP contribution in [0.15, 0.2) is 29.7 Å². The van der Waals surface area contributed by atoms with Gasteiger partial charge in [-0.3, -0.25) is 19.2 Å². The van der Waals surface area contributed by atoms with Crippen molar-refractivity contribution in [1.29, 1.82) is 0 Å². The Morgan fingerprint density at radius 3 is 2.00 bits per heavy atom. The summed E-state index contributed by atoms with van der Waals surface area (Å²) < 4.78 is 15.2. The lowest BCUT2D eigenvalue weighted by molar-refractivity contribution is -0.140. The summed E-state index contributed by atoms with van der Waals surface area (Å²) in [6.45, 7) is 4.65. The van der Waals surface area contributed by atoms with E-state index in [1.54, 1.807) is 6.07 Å². The van der Waals surface area contributed by atoms with Gasteiger partial charge in [-0.15, -0.1) is 0 Å². The number of esters is 2. The number of ether oxygens (including phenoxy) is 3. The maximum atomic E-state index is 12.6. The van der Waals surface area contributed by atoms with E-state index in [1.807, 2.05) is 6.92 Å². The number of unbranched alkanes of at least 4 members (excludes halogenated alkanes) is 1. The summed E-state index contributed by atoms with van der Waals surface area (Å²) in [6, 6.07) is 4.39. The summed E-state index contributed by atoms with van der Waals surface area (Å²) in [4.78, 5) is 47.7. The van der Waals surface area contributed by atoms with Gasteiger partial charge in [-0.1, -0.05) is 13.3 Å². The van der Waals surface area contributed by atoms with Gasteiger partial charge in [0.25, 0.3) is 0 Å². The van der Waals surface area contributed by atoms with Gasteiger partial charge in [0.2, 0.25) is 23.1 Å². The quantitative estimate of drug-likeness (QED) is 0.577. The normalized spacial score (nSPS) is 13.4. The van der Waals surface area contributed by atoms with E-state index in [2.05, 4.69) is 0 Å². The molecular weight excluding hydrogens is 328 g/mol. The van der Waals surface area contributed by atoms with Crippen molar-refractivity contribution in [2.24, 2.45) is 0 Å². The molecule has 7 nitrogen and oxygen atoms in total. The SMILES string of the molecule is CCCCOc1ccc2c(c1)C(=O)C(OC(C)=O)=C(OC(C)=O)C2=O. The molecule has 0 saturated heterocycles. The molecule has 0 N–H and O–H groups in total. The Morgan fingerprint density at radius 1 is 0.920 bits per heavy atom. The molecule has 0 heterocycles. The summed E-state index contributed by atoms with van der Waals surface area (Å²) in [6.07, 6.45) is 1.80. The van der Waals surface area contributed by atoms with Crippen LogP contribution in [0, 0.1) is 0 Å². The Labute approximate surface area is 144 Å². The summed E-state index contributed by atoms with van der Waals surface area (Å²) >= 11 is 0. The van der Waals surface area contributed by atoms with Crippen LogP contribution >= 0.6 is 0 Å². The number of ketones is 2. The van der Waals surface area contributed by atoms with Crippen LogP contribution in [-0.2, 0) is 19.1 Å². The first-order chi connectivity index (χ1) is 11.8. The lowest BCUT2D eigenvalue weighted by Crippen LogP contribution is -2.27. The molecule has 1 aromatic rings. The second-order valence-electron chi connectivity index (χ2n) is 5.41. The van der Waals surface area contributed by atoms with Crippen molar-refractivity contribution in [3.05, 3.63) is 40.8 Å². The van der Waals surface area contributed by atoms with E-state index in [1.165, 1.54) is 12.1 Å².